The Hall–Kier alpha value is -1.65. The highest BCUT2D eigenvalue weighted by Gasteiger charge is 2.43. The van der Waals surface area contributed by atoms with Crippen molar-refractivity contribution < 1.29 is 10.2 Å². The molecule has 4 nitrogen and oxygen atoms in total. The first-order valence-electron chi connectivity index (χ1n) is 12.4. The Morgan fingerprint density at radius 2 is 2.10 bits per heavy atom. The topological polar surface area (TPSA) is 65.4 Å². The van der Waals surface area contributed by atoms with Gasteiger partial charge in [-0.3, -0.25) is 0 Å². The zero-order valence-corrected chi connectivity index (χ0v) is 19.5. The van der Waals surface area contributed by atoms with Crippen LogP contribution in [0.4, 0.5) is 5.82 Å². The van der Waals surface area contributed by atoms with Gasteiger partial charge in [-0.2, -0.15) is 0 Å². The molecule has 0 bridgehead atoms. The van der Waals surface area contributed by atoms with E-state index in [1.165, 1.54) is 25.7 Å². The van der Waals surface area contributed by atoms with E-state index in [4.69, 9.17) is 0 Å². The molecular formula is C27H42N2O2. The van der Waals surface area contributed by atoms with E-state index < -0.39 is 5.60 Å². The van der Waals surface area contributed by atoms with Crippen molar-refractivity contribution in [3.63, 3.8) is 0 Å². The van der Waals surface area contributed by atoms with Gasteiger partial charge in [-0.1, -0.05) is 56.1 Å². The normalized spacial score (nSPS) is 27.3. The molecule has 1 aromatic heterocycles. The molecule has 0 aromatic carbocycles. The number of pyridine rings is 1. The molecule has 4 heteroatoms. The first-order valence-corrected chi connectivity index (χ1v) is 12.4. The molecule has 2 aliphatic rings. The summed E-state index contributed by atoms with van der Waals surface area (Å²) in [5, 5.41) is 24.4. The molecule has 1 heterocycles. The molecule has 3 rings (SSSR count). The van der Waals surface area contributed by atoms with Gasteiger partial charge < -0.3 is 15.5 Å². The van der Waals surface area contributed by atoms with Crippen LogP contribution in [0.2, 0.25) is 0 Å². The van der Waals surface area contributed by atoms with Crippen molar-refractivity contribution in [3.8, 4) is 0 Å². The number of unbranched alkanes of at least 4 members (excludes halogenated alkanes) is 3. The van der Waals surface area contributed by atoms with Gasteiger partial charge in [0.25, 0.3) is 0 Å². The van der Waals surface area contributed by atoms with Crippen LogP contribution in [0.5, 0.6) is 0 Å². The zero-order valence-electron chi connectivity index (χ0n) is 19.5. The van der Waals surface area contributed by atoms with Crippen LogP contribution in [-0.2, 0) is 0 Å². The standard InChI is InChI=1S/C27H42N2O2/c1-3-4-14-27(2,31)15-10-12-23-24-19-21(18-22(24)20-25(23)30)11-6-5-8-16-28-26-13-7-9-17-29-26/h7,9-10,12-13,17-18,22-25,30-31H,3-6,8,11,14-16,19-20H2,1-2H3,(H,28,29)/b12-10+/t22-,23+,24-,25+,27-/m0/s1. The number of nitrogens with one attached hydrogen (secondary N) is 1. The van der Waals surface area contributed by atoms with Gasteiger partial charge >= 0.3 is 0 Å². The Bertz CT molecular complexity index is 713. The van der Waals surface area contributed by atoms with E-state index in [0.717, 1.165) is 44.5 Å². The third-order valence-electron chi connectivity index (χ3n) is 7.08. The van der Waals surface area contributed by atoms with Gasteiger partial charge in [-0.15, -0.1) is 0 Å². The summed E-state index contributed by atoms with van der Waals surface area (Å²) in [6.07, 6.45) is 18.9. The molecule has 1 saturated carbocycles. The summed E-state index contributed by atoms with van der Waals surface area (Å²) in [6.45, 7) is 5.06. The fourth-order valence-corrected chi connectivity index (χ4v) is 5.27. The molecule has 0 amide bonds. The Balaban J connectivity index is 1.36. The fourth-order valence-electron chi connectivity index (χ4n) is 5.27. The molecule has 31 heavy (non-hydrogen) atoms. The second-order valence-corrected chi connectivity index (χ2v) is 9.92. The molecular weight excluding hydrogens is 384 g/mol. The third kappa shape index (κ3) is 7.47. The van der Waals surface area contributed by atoms with Crippen LogP contribution in [0.1, 0.15) is 78.1 Å². The summed E-state index contributed by atoms with van der Waals surface area (Å²) in [5.74, 6) is 2.28. The monoisotopic (exact) mass is 426 g/mol. The van der Waals surface area contributed by atoms with Crippen molar-refractivity contribution >= 4 is 5.82 Å². The second-order valence-electron chi connectivity index (χ2n) is 9.92. The molecule has 0 saturated heterocycles. The minimum Gasteiger partial charge on any atom is -0.392 e. The molecule has 0 radical (unpaired) electrons. The lowest BCUT2D eigenvalue weighted by atomic mass is 9.87. The van der Waals surface area contributed by atoms with Crippen LogP contribution >= 0.6 is 0 Å². The van der Waals surface area contributed by atoms with Crippen LogP contribution in [0.15, 0.2) is 48.2 Å². The average molecular weight is 427 g/mol. The van der Waals surface area contributed by atoms with Gasteiger partial charge in [0.2, 0.25) is 0 Å². The minimum atomic E-state index is -0.625. The van der Waals surface area contributed by atoms with Crippen molar-refractivity contribution in [2.24, 2.45) is 17.8 Å². The third-order valence-corrected chi connectivity index (χ3v) is 7.08. The molecule has 0 aliphatic heterocycles. The van der Waals surface area contributed by atoms with Crippen molar-refractivity contribution in [2.75, 3.05) is 11.9 Å². The van der Waals surface area contributed by atoms with Crippen molar-refractivity contribution in [1.82, 2.24) is 4.98 Å². The highest BCUT2D eigenvalue weighted by molar-refractivity contribution is 5.32. The molecule has 1 fully saturated rings. The quantitative estimate of drug-likeness (QED) is 0.272. The van der Waals surface area contributed by atoms with E-state index in [-0.39, 0.29) is 12.0 Å². The fraction of sp³-hybridized carbons (Fsp3) is 0.667. The number of hydrogen-bond acceptors (Lipinski definition) is 4. The van der Waals surface area contributed by atoms with E-state index in [9.17, 15) is 10.2 Å². The number of aromatic nitrogens is 1. The number of rotatable bonds is 13. The average Bonchev–Trinajstić information content (AvgIpc) is 3.27. The number of anilines is 1. The Morgan fingerprint density at radius 1 is 1.23 bits per heavy atom. The maximum absolute atomic E-state index is 10.6. The van der Waals surface area contributed by atoms with Gasteiger partial charge in [0.05, 0.1) is 11.7 Å². The summed E-state index contributed by atoms with van der Waals surface area (Å²) in [5.41, 5.74) is 0.966. The lowest BCUT2D eigenvalue weighted by molar-refractivity contribution is 0.0513. The van der Waals surface area contributed by atoms with E-state index in [1.54, 1.807) is 5.57 Å². The first-order chi connectivity index (χ1) is 15.0. The Labute approximate surface area is 188 Å². The van der Waals surface area contributed by atoms with Crippen molar-refractivity contribution in [1.29, 1.82) is 0 Å². The largest absolute Gasteiger partial charge is 0.392 e. The predicted molar refractivity (Wildman–Crippen MR) is 129 cm³/mol. The maximum Gasteiger partial charge on any atom is 0.125 e. The number of fused-ring (bicyclic) bond motifs is 1. The van der Waals surface area contributed by atoms with Gasteiger partial charge in [-0.05, 0) is 75.8 Å². The van der Waals surface area contributed by atoms with Crippen LogP contribution in [0.25, 0.3) is 0 Å². The molecule has 1 aromatic rings. The van der Waals surface area contributed by atoms with Gasteiger partial charge in [0.1, 0.15) is 5.82 Å². The molecule has 5 atom stereocenters. The summed E-state index contributed by atoms with van der Waals surface area (Å²) in [6, 6.07) is 5.95. The number of aliphatic hydroxyl groups excluding tert-OH is 1. The van der Waals surface area contributed by atoms with Crippen LogP contribution in [-0.4, -0.2) is 33.4 Å². The van der Waals surface area contributed by atoms with Crippen LogP contribution in [0.3, 0.4) is 0 Å². The molecule has 3 N–H and O–H groups in total. The van der Waals surface area contributed by atoms with E-state index >= 15 is 0 Å². The maximum atomic E-state index is 10.6. The van der Waals surface area contributed by atoms with Gasteiger partial charge in [0, 0.05) is 18.7 Å². The highest BCUT2D eigenvalue weighted by Crippen LogP contribution is 2.48. The predicted octanol–water partition coefficient (Wildman–Crippen LogP) is 5.88. The van der Waals surface area contributed by atoms with E-state index in [0.29, 0.717) is 18.3 Å². The number of hydrogen-bond donors (Lipinski definition) is 3. The molecule has 0 unspecified atom stereocenters. The molecule has 0 spiro atoms. The summed E-state index contributed by atoms with van der Waals surface area (Å²) in [7, 11) is 0. The first kappa shape index (κ1) is 24.0. The van der Waals surface area contributed by atoms with Crippen LogP contribution in [0, 0.1) is 17.8 Å². The van der Waals surface area contributed by atoms with Gasteiger partial charge in [0.15, 0.2) is 0 Å². The Kier molecular flexibility index (Phi) is 9.15. The second kappa shape index (κ2) is 11.8. The molecule has 2 aliphatic carbocycles. The number of aliphatic hydroxyl groups is 2. The summed E-state index contributed by atoms with van der Waals surface area (Å²) < 4.78 is 0. The van der Waals surface area contributed by atoms with Gasteiger partial charge in [-0.25, -0.2) is 4.98 Å². The van der Waals surface area contributed by atoms with E-state index in [1.807, 2.05) is 31.3 Å². The number of nitrogens with zero attached hydrogens (tertiary/aromatic N) is 1. The molecule has 172 valence electrons. The van der Waals surface area contributed by atoms with Crippen molar-refractivity contribution in [2.45, 2.75) is 89.8 Å². The van der Waals surface area contributed by atoms with Crippen LogP contribution < -0.4 is 5.32 Å². The smallest absolute Gasteiger partial charge is 0.125 e. The highest BCUT2D eigenvalue weighted by atomic mass is 16.3. The lowest BCUT2D eigenvalue weighted by Crippen LogP contribution is -2.23. The SMILES string of the molecule is CCCC[C@](C)(O)C/C=C/[C@@H]1[C@H]2CC(CCCCCNc3ccccn3)=C[C@H]2C[C@H]1O. The zero-order chi connectivity index (χ0) is 22.1. The summed E-state index contributed by atoms with van der Waals surface area (Å²) >= 11 is 0. The van der Waals surface area contributed by atoms with E-state index in [2.05, 4.69) is 35.5 Å². The minimum absolute atomic E-state index is 0.234. The summed E-state index contributed by atoms with van der Waals surface area (Å²) in [4.78, 5) is 4.29. The number of allylic oxidation sites excluding steroid dienone is 2. The lowest BCUT2D eigenvalue weighted by Gasteiger charge is -2.22. The van der Waals surface area contributed by atoms with Crippen molar-refractivity contribution in [3.05, 3.63) is 48.2 Å². The Morgan fingerprint density at radius 3 is 2.87 bits per heavy atom.